The van der Waals surface area contributed by atoms with E-state index in [0.717, 1.165) is 30.8 Å². The first kappa shape index (κ1) is 18.6. The minimum atomic E-state index is -4.52. The van der Waals surface area contributed by atoms with Crippen LogP contribution in [0.25, 0.3) is 31.1 Å². The molecule has 4 nitrogen and oxygen atoms in total. The first-order chi connectivity index (χ1) is 12.7. The van der Waals surface area contributed by atoms with E-state index in [1.54, 1.807) is 11.6 Å². The fraction of sp³-hybridized carbons (Fsp3) is 0.294. The second-order valence-electron chi connectivity index (χ2n) is 6.02. The maximum atomic E-state index is 13.0. The predicted molar refractivity (Wildman–Crippen MR) is 104 cm³/mol. The van der Waals surface area contributed by atoms with Crippen LogP contribution in [-0.2, 0) is 24.0 Å². The van der Waals surface area contributed by atoms with Gasteiger partial charge in [0.25, 0.3) is 0 Å². The van der Waals surface area contributed by atoms with E-state index in [4.69, 9.17) is 0 Å². The van der Waals surface area contributed by atoms with Gasteiger partial charge in [0.2, 0.25) is 0 Å². The summed E-state index contributed by atoms with van der Waals surface area (Å²) in [6, 6.07) is 0.955. The molecule has 0 aliphatic carbocycles. The number of imidazole rings is 1. The van der Waals surface area contributed by atoms with Gasteiger partial charge in [0.1, 0.15) is 5.69 Å². The Kier molecular flexibility index (Phi) is 4.39. The van der Waals surface area contributed by atoms with Gasteiger partial charge in [-0.3, -0.25) is 4.21 Å². The Balaban J connectivity index is 1.99. The van der Waals surface area contributed by atoms with E-state index in [-0.39, 0.29) is 5.52 Å². The highest BCUT2D eigenvalue weighted by molar-refractivity contribution is 7.85. The Morgan fingerprint density at radius 1 is 1.30 bits per heavy atom. The SMILES string of the molecule is CCS(=O)c1c(-c2nc3cc(C(F)(F)F)ncc3n2C)sc2c(C)csc12. The van der Waals surface area contributed by atoms with Crippen LogP contribution in [0.1, 0.15) is 18.2 Å². The molecule has 0 N–H and O–H groups in total. The molecule has 4 aromatic rings. The van der Waals surface area contributed by atoms with Crippen LogP contribution in [-0.4, -0.2) is 24.5 Å². The summed E-state index contributed by atoms with van der Waals surface area (Å²) >= 11 is 3.02. The standard InChI is InChI=1S/C17H14F3N3OS3/c1-4-27(24)15-13-12(8(2)7-25-13)26-14(15)16-22-9-5-11(17(18,19)20)21-6-10(9)23(16)3/h5-7H,4H2,1-3H3. The molecular weight excluding hydrogens is 415 g/mol. The van der Waals surface area contributed by atoms with Gasteiger partial charge in [-0.05, 0) is 23.9 Å². The first-order valence-electron chi connectivity index (χ1n) is 8.01. The molecule has 0 saturated heterocycles. The van der Waals surface area contributed by atoms with Crippen LogP contribution in [0, 0.1) is 6.92 Å². The lowest BCUT2D eigenvalue weighted by Crippen LogP contribution is -2.07. The van der Waals surface area contributed by atoms with Gasteiger partial charge in [-0.2, -0.15) is 13.2 Å². The first-order valence-corrected chi connectivity index (χ1v) is 11.0. The molecule has 1 atom stereocenters. The molecule has 0 aliphatic rings. The number of nitrogens with zero attached hydrogens (tertiary/aromatic N) is 3. The van der Waals surface area contributed by atoms with E-state index in [1.807, 2.05) is 19.2 Å². The number of aryl methyl sites for hydroxylation is 2. The molecule has 0 amide bonds. The van der Waals surface area contributed by atoms with E-state index < -0.39 is 22.7 Å². The second-order valence-corrected chi connectivity index (χ2v) is 9.60. The lowest BCUT2D eigenvalue weighted by molar-refractivity contribution is -0.141. The molecule has 4 rings (SSSR count). The van der Waals surface area contributed by atoms with Crippen LogP contribution in [0.3, 0.4) is 0 Å². The van der Waals surface area contributed by atoms with Crippen molar-refractivity contribution in [2.45, 2.75) is 24.9 Å². The summed E-state index contributed by atoms with van der Waals surface area (Å²) in [6.07, 6.45) is -3.34. The molecule has 0 radical (unpaired) electrons. The number of alkyl halides is 3. The molecule has 0 bridgehead atoms. The van der Waals surface area contributed by atoms with Crippen molar-refractivity contribution < 1.29 is 17.4 Å². The van der Waals surface area contributed by atoms with Gasteiger partial charge in [0.05, 0.1) is 42.5 Å². The molecule has 0 spiro atoms. The lowest BCUT2D eigenvalue weighted by Gasteiger charge is -2.05. The van der Waals surface area contributed by atoms with Crippen molar-refractivity contribution >= 4 is 53.9 Å². The van der Waals surface area contributed by atoms with Gasteiger partial charge in [-0.1, -0.05) is 6.92 Å². The molecule has 4 aromatic heterocycles. The van der Waals surface area contributed by atoms with Crippen LogP contribution >= 0.6 is 22.7 Å². The number of hydrogen-bond acceptors (Lipinski definition) is 5. The summed E-state index contributed by atoms with van der Waals surface area (Å²) in [5.41, 5.74) is 0.844. The quantitative estimate of drug-likeness (QED) is 0.440. The minimum absolute atomic E-state index is 0.219. The fourth-order valence-electron chi connectivity index (χ4n) is 2.91. The van der Waals surface area contributed by atoms with Gasteiger partial charge in [0.15, 0.2) is 5.82 Å². The molecule has 10 heteroatoms. The van der Waals surface area contributed by atoms with E-state index in [2.05, 4.69) is 9.97 Å². The van der Waals surface area contributed by atoms with Crippen molar-refractivity contribution in [2.24, 2.45) is 7.05 Å². The topological polar surface area (TPSA) is 47.8 Å². The van der Waals surface area contributed by atoms with Crippen LogP contribution in [0.5, 0.6) is 0 Å². The number of rotatable bonds is 3. The Morgan fingerprint density at radius 2 is 2.04 bits per heavy atom. The third kappa shape index (κ3) is 2.90. The molecule has 142 valence electrons. The third-order valence-corrected chi connectivity index (χ3v) is 8.50. The molecule has 27 heavy (non-hydrogen) atoms. The fourth-order valence-corrected chi connectivity index (χ4v) is 7.09. The van der Waals surface area contributed by atoms with Crippen LogP contribution in [0.4, 0.5) is 13.2 Å². The molecular formula is C17H14F3N3OS3. The van der Waals surface area contributed by atoms with Crippen molar-refractivity contribution in [3.8, 4) is 10.7 Å². The summed E-state index contributed by atoms with van der Waals surface area (Å²) in [5, 5.41) is 2.02. The molecule has 0 aromatic carbocycles. The Labute approximate surface area is 163 Å². The highest BCUT2D eigenvalue weighted by Crippen LogP contribution is 2.45. The van der Waals surface area contributed by atoms with E-state index in [0.29, 0.717) is 17.1 Å². The van der Waals surface area contributed by atoms with E-state index >= 15 is 0 Å². The highest BCUT2D eigenvalue weighted by Gasteiger charge is 2.33. The lowest BCUT2D eigenvalue weighted by atomic mass is 10.3. The predicted octanol–water partition coefficient (Wildman–Crippen LogP) is 5.37. The zero-order chi connectivity index (χ0) is 19.5. The maximum Gasteiger partial charge on any atom is 0.433 e. The highest BCUT2D eigenvalue weighted by atomic mass is 32.2. The van der Waals surface area contributed by atoms with Crippen LogP contribution < -0.4 is 0 Å². The third-order valence-electron chi connectivity index (χ3n) is 4.29. The molecule has 0 fully saturated rings. The van der Waals surface area contributed by atoms with E-state index in [1.165, 1.54) is 28.9 Å². The van der Waals surface area contributed by atoms with Gasteiger partial charge in [0, 0.05) is 17.5 Å². The summed E-state index contributed by atoms with van der Waals surface area (Å²) in [7, 11) is 0.526. The van der Waals surface area contributed by atoms with Crippen molar-refractivity contribution in [2.75, 3.05) is 5.75 Å². The zero-order valence-corrected chi connectivity index (χ0v) is 17.0. The van der Waals surface area contributed by atoms with Crippen molar-refractivity contribution in [1.29, 1.82) is 0 Å². The zero-order valence-electron chi connectivity index (χ0n) is 14.5. The summed E-state index contributed by atoms with van der Waals surface area (Å²) in [5.74, 6) is 0.968. The van der Waals surface area contributed by atoms with E-state index in [9.17, 15) is 17.4 Å². The molecule has 0 aliphatic heterocycles. The van der Waals surface area contributed by atoms with Crippen LogP contribution in [0.15, 0.2) is 22.5 Å². The monoisotopic (exact) mass is 429 g/mol. The minimum Gasteiger partial charge on any atom is -0.325 e. The van der Waals surface area contributed by atoms with Gasteiger partial charge in [-0.15, -0.1) is 22.7 Å². The molecule has 0 saturated carbocycles. The summed E-state index contributed by atoms with van der Waals surface area (Å²) in [4.78, 5) is 9.43. The number of thiophene rings is 2. The number of aromatic nitrogens is 3. The van der Waals surface area contributed by atoms with Gasteiger partial charge >= 0.3 is 6.18 Å². The average molecular weight is 430 g/mol. The second kappa shape index (κ2) is 6.39. The average Bonchev–Trinajstić information content (AvgIpc) is 3.26. The smallest absolute Gasteiger partial charge is 0.325 e. The molecule has 1 unspecified atom stereocenters. The maximum absolute atomic E-state index is 13.0. The molecule has 4 heterocycles. The normalized spacial score (nSPS) is 13.7. The number of halogens is 3. The Bertz CT molecular complexity index is 1200. The number of hydrogen-bond donors (Lipinski definition) is 0. The number of pyridine rings is 1. The Morgan fingerprint density at radius 3 is 2.70 bits per heavy atom. The van der Waals surface area contributed by atoms with Gasteiger partial charge < -0.3 is 4.57 Å². The van der Waals surface area contributed by atoms with Crippen LogP contribution in [0.2, 0.25) is 0 Å². The van der Waals surface area contributed by atoms with Crippen molar-refractivity contribution in [3.05, 3.63) is 28.9 Å². The summed E-state index contributed by atoms with van der Waals surface area (Å²) < 4.78 is 55.4. The summed E-state index contributed by atoms with van der Waals surface area (Å²) in [6.45, 7) is 3.84. The van der Waals surface area contributed by atoms with Crippen molar-refractivity contribution in [3.63, 3.8) is 0 Å². The number of fused-ring (bicyclic) bond motifs is 2. The van der Waals surface area contributed by atoms with Gasteiger partial charge in [-0.25, -0.2) is 9.97 Å². The van der Waals surface area contributed by atoms with Crippen molar-refractivity contribution in [1.82, 2.24) is 14.5 Å². The largest absolute Gasteiger partial charge is 0.433 e. The Hall–Kier alpha value is -1.78.